The predicted octanol–water partition coefficient (Wildman–Crippen LogP) is 3.39. The number of benzene rings is 2. The summed E-state index contributed by atoms with van der Waals surface area (Å²) in [6.07, 6.45) is 0.826. The van der Waals surface area contributed by atoms with Gasteiger partial charge in [-0.15, -0.1) is 0 Å². The zero-order chi connectivity index (χ0) is 18.7. The number of hydrogen-bond donors (Lipinski definition) is 2. The van der Waals surface area contributed by atoms with Crippen LogP contribution in [0.1, 0.15) is 18.1 Å². The van der Waals surface area contributed by atoms with Crippen LogP contribution < -0.4 is 24.8 Å². The lowest BCUT2D eigenvalue weighted by molar-refractivity contribution is -0.118. The van der Waals surface area contributed by atoms with E-state index in [1.54, 1.807) is 14.2 Å². The molecule has 26 heavy (non-hydrogen) atoms. The molecule has 0 saturated heterocycles. The highest BCUT2D eigenvalue weighted by Crippen LogP contribution is 2.32. The van der Waals surface area contributed by atoms with E-state index in [1.807, 2.05) is 30.3 Å². The molecule has 0 bridgehead atoms. The molecule has 0 aromatic heterocycles. The van der Waals surface area contributed by atoms with Crippen LogP contribution >= 0.6 is 0 Å². The average molecular weight is 356 g/mol. The van der Waals surface area contributed by atoms with E-state index >= 15 is 0 Å². The van der Waals surface area contributed by atoms with Crippen LogP contribution in [-0.2, 0) is 11.2 Å². The first-order valence-corrected chi connectivity index (χ1v) is 8.55. The number of fused-ring (bicyclic) bond motifs is 1. The van der Waals surface area contributed by atoms with E-state index in [1.165, 1.54) is 5.56 Å². The molecule has 1 aliphatic rings. The molecule has 2 aromatic carbocycles. The van der Waals surface area contributed by atoms with E-state index in [9.17, 15) is 4.79 Å². The second-order valence-corrected chi connectivity index (χ2v) is 6.43. The third-order valence-electron chi connectivity index (χ3n) is 4.39. The molecule has 1 unspecified atom stereocenters. The SMILES string of the molecule is COc1cc(C)c(CC(C)Nc2ccc3c(c2)NC(=O)CO3)cc1OC. The van der Waals surface area contributed by atoms with E-state index < -0.39 is 0 Å². The fourth-order valence-electron chi connectivity index (χ4n) is 3.08. The number of anilines is 2. The zero-order valence-electron chi connectivity index (χ0n) is 15.5. The second kappa shape index (κ2) is 7.56. The topological polar surface area (TPSA) is 68.8 Å². The van der Waals surface area contributed by atoms with Gasteiger partial charge in [0, 0.05) is 11.7 Å². The maximum atomic E-state index is 11.5. The quantitative estimate of drug-likeness (QED) is 0.830. The van der Waals surface area contributed by atoms with Gasteiger partial charge in [0.1, 0.15) is 5.75 Å². The summed E-state index contributed by atoms with van der Waals surface area (Å²) >= 11 is 0. The van der Waals surface area contributed by atoms with Crippen molar-refractivity contribution in [2.75, 3.05) is 31.5 Å². The molecule has 0 radical (unpaired) electrons. The first-order chi connectivity index (χ1) is 12.5. The van der Waals surface area contributed by atoms with E-state index in [2.05, 4.69) is 24.5 Å². The summed E-state index contributed by atoms with van der Waals surface area (Å²) in [5, 5.41) is 6.30. The number of aryl methyl sites for hydroxylation is 1. The summed E-state index contributed by atoms with van der Waals surface area (Å²) < 4.78 is 16.1. The van der Waals surface area contributed by atoms with Crippen LogP contribution in [0.3, 0.4) is 0 Å². The lowest BCUT2D eigenvalue weighted by Crippen LogP contribution is -2.25. The maximum absolute atomic E-state index is 11.5. The molecule has 1 amide bonds. The number of nitrogens with one attached hydrogen (secondary N) is 2. The minimum Gasteiger partial charge on any atom is -0.493 e. The standard InChI is InChI=1S/C20H24N2O4/c1-12-7-18(24-3)19(25-4)9-14(12)8-13(2)21-15-5-6-17-16(10-15)22-20(23)11-26-17/h5-7,9-10,13,21H,8,11H2,1-4H3,(H,22,23). The van der Waals surface area contributed by atoms with Crippen LogP contribution in [0.15, 0.2) is 30.3 Å². The van der Waals surface area contributed by atoms with Gasteiger partial charge in [0.2, 0.25) is 0 Å². The van der Waals surface area contributed by atoms with Crippen LogP contribution in [0.5, 0.6) is 17.2 Å². The Bertz CT molecular complexity index is 820. The van der Waals surface area contributed by atoms with Gasteiger partial charge < -0.3 is 24.8 Å². The molecular weight excluding hydrogens is 332 g/mol. The average Bonchev–Trinajstić information content (AvgIpc) is 2.62. The fraction of sp³-hybridized carbons (Fsp3) is 0.350. The summed E-state index contributed by atoms with van der Waals surface area (Å²) in [6.45, 7) is 4.25. The maximum Gasteiger partial charge on any atom is 0.262 e. The predicted molar refractivity (Wildman–Crippen MR) is 102 cm³/mol. The molecule has 1 heterocycles. The van der Waals surface area contributed by atoms with Crippen molar-refractivity contribution in [3.8, 4) is 17.2 Å². The molecule has 0 aliphatic carbocycles. The van der Waals surface area contributed by atoms with Crippen molar-refractivity contribution in [3.63, 3.8) is 0 Å². The number of methoxy groups -OCH3 is 2. The first-order valence-electron chi connectivity index (χ1n) is 8.55. The minimum absolute atomic E-state index is 0.0642. The van der Waals surface area contributed by atoms with E-state index in [4.69, 9.17) is 14.2 Å². The highest BCUT2D eigenvalue weighted by molar-refractivity contribution is 5.96. The highest BCUT2D eigenvalue weighted by Gasteiger charge is 2.17. The smallest absolute Gasteiger partial charge is 0.262 e. The molecule has 3 rings (SSSR count). The van der Waals surface area contributed by atoms with Crippen LogP contribution in [0.4, 0.5) is 11.4 Å². The van der Waals surface area contributed by atoms with Gasteiger partial charge in [-0.25, -0.2) is 0 Å². The Kier molecular flexibility index (Phi) is 5.21. The molecule has 138 valence electrons. The number of amides is 1. The lowest BCUT2D eigenvalue weighted by atomic mass is 10.0. The Morgan fingerprint density at radius 3 is 2.65 bits per heavy atom. The summed E-state index contributed by atoms with van der Waals surface area (Å²) in [4.78, 5) is 11.5. The molecule has 1 aliphatic heterocycles. The second-order valence-electron chi connectivity index (χ2n) is 6.43. The number of carbonyl (C=O) groups is 1. The normalized spacial score (nSPS) is 13.9. The van der Waals surface area contributed by atoms with Gasteiger partial charge in [0.15, 0.2) is 18.1 Å². The Morgan fingerprint density at radius 1 is 1.19 bits per heavy atom. The highest BCUT2D eigenvalue weighted by atomic mass is 16.5. The molecule has 1 atom stereocenters. The number of carbonyl (C=O) groups excluding carboxylic acids is 1. The molecule has 6 heteroatoms. The fourth-order valence-corrected chi connectivity index (χ4v) is 3.08. The van der Waals surface area contributed by atoms with Crippen molar-refractivity contribution in [1.29, 1.82) is 0 Å². The van der Waals surface area contributed by atoms with Gasteiger partial charge >= 0.3 is 0 Å². The summed E-state index contributed by atoms with van der Waals surface area (Å²) in [7, 11) is 3.28. The molecule has 0 saturated carbocycles. The third-order valence-corrected chi connectivity index (χ3v) is 4.39. The number of ether oxygens (including phenoxy) is 3. The molecule has 6 nitrogen and oxygen atoms in total. The zero-order valence-corrected chi connectivity index (χ0v) is 15.5. The summed E-state index contributed by atoms with van der Waals surface area (Å²) in [6, 6.07) is 9.91. The first kappa shape index (κ1) is 17.9. The third kappa shape index (κ3) is 3.85. The Balaban J connectivity index is 1.72. The van der Waals surface area contributed by atoms with E-state index in [-0.39, 0.29) is 18.6 Å². The van der Waals surface area contributed by atoms with Gasteiger partial charge in [0.25, 0.3) is 5.91 Å². The molecular formula is C20H24N2O4. The molecule has 0 fully saturated rings. The van der Waals surface area contributed by atoms with Gasteiger partial charge in [0.05, 0.1) is 19.9 Å². The van der Waals surface area contributed by atoms with E-state index in [0.717, 1.165) is 29.2 Å². The van der Waals surface area contributed by atoms with Gasteiger partial charge in [-0.2, -0.15) is 0 Å². The van der Waals surface area contributed by atoms with E-state index in [0.29, 0.717) is 11.4 Å². The largest absolute Gasteiger partial charge is 0.493 e. The van der Waals surface area contributed by atoms with Crippen LogP contribution in [-0.4, -0.2) is 32.8 Å². The van der Waals surface area contributed by atoms with Crippen LogP contribution in [0, 0.1) is 6.92 Å². The van der Waals surface area contributed by atoms with Crippen molar-refractivity contribution in [3.05, 3.63) is 41.5 Å². The summed E-state index contributed by atoms with van der Waals surface area (Å²) in [5.41, 5.74) is 3.97. The van der Waals surface area contributed by atoms with Crippen molar-refractivity contribution in [2.24, 2.45) is 0 Å². The molecule has 2 N–H and O–H groups in total. The Labute approximate surface area is 153 Å². The van der Waals surface area contributed by atoms with Gasteiger partial charge in [-0.05, 0) is 61.7 Å². The minimum atomic E-state index is -0.136. The Hall–Kier alpha value is -2.89. The number of rotatable bonds is 6. The number of hydrogen-bond acceptors (Lipinski definition) is 5. The monoisotopic (exact) mass is 356 g/mol. The van der Waals surface area contributed by atoms with Crippen LogP contribution in [0.2, 0.25) is 0 Å². The van der Waals surface area contributed by atoms with Crippen LogP contribution in [0.25, 0.3) is 0 Å². The molecule has 2 aromatic rings. The van der Waals surface area contributed by atoms with Crippen molar-refractivity contribution < 1.29 is 19.0 Å². The Morgan fingerprint density at radius 2 is 1.92 bits per heavy atom. The summed E-state index contributed by atoms with van der Waals surface area (Å²) in [5.74, 6) is 2.02. The van der Waals surface area contributed by atoms with Crippen molar-refractivity contribution >= 4 is 17.3 Å². The lowest BCUT2D eigenvalue weighted by Gasteiger charge is -2.21. The van der Waals surface area contributed by atoms with Crippen molar-refractivity contribution in [2.45, 2.75) is 26.3 Å². The molecule has 0 spiro atoms. The van der Waals surface area contributed by atoms with Gasteiger partial charge in [-0.3, -0.25) is 4.79 Å². The van der Waals surface area contributed by atoms with Crippen molar-refractivity contribution in [1.82, 2.24) is 0 Å². The van der Waals surface area contributed by atoms with Gasteiger partial charge in [-0.1, -0.05) is 0 Å².